The molecule has 0 aliphatic carbocycles. The van der Waals surface area contributed by atoms with Crippen LogP contribution in [0.2, 0.25) is 0 Å². The number of benzene rings is 2. The number of fused-ring (bicyclic) bond motifs is 1. The van der Waals surface area contributed by atoms with Gasteiger partial charge in [0, 0.05) is 24.2 Å². The lowest BCUT2D eigenvalue weighted by molar-refractivity contribution is 0.306. The van der Waals surface area contributed by atoms with E-state index in [1.165, 1.54) is 19.2 Å². The van der Waals surface area contributed by atoms with Gasteiger partial charge in [-0.1, -0.05) is 6.07 Å². The SMILES string of the molecule is COc1ccc(-c2nnc3ccc(OCCNS(=O)(=O)c4cccc(OC)c4)nn23)cc1. The molecule has 32 heavy (non-hydrogen) atoms. The van der Waals surface area contributed by atoms with Crippen LogP contribution in [0.15, 0.2) is 65.6 Å². The summed E-state index contributed by atoms with van der Waals surface area (Å²) in [5.41, 5.74) is 1.37. The smallest absolute Gasteiger partial charge is 0.240 e. The van der Waals surface area contributed by atoms with Gasteiger partial charge in [0.15, 0.2) is 11.5 Å². The van der Waals surface area contributed by atoms with Gasteiger partial charge in [0.25, 0.3) is 0 Å². The Balaban J connectivity index is 1.42. The van der Waals surface area contributed by atoms with Gasteiger partial charge in [-0.3, -0.25) is 0 Å². The molecule has 0 unspecified atom stereocenters. The molecule has 0 saturated carbocycles. The van der Waals surface area contributed by atoms with E-state index < -0.39 is 10.0 Å². The van der Waals surface area contributed by atoms with Crippen molar-refractivity contribution in [3.05, 3.63) is 60.7 Å². The van der Waals surface area contributed by atoms with E-state index in [1.807, 2.05) is 24.3 Å². The van der Waals surface area contributed by atoms with Gasteiger partial charge in [0.2, 0.25) is 15.9 Å². The predicted octanol–water partition coefficient (Wildman–Crippen LogP) is 2.17. The molecule has 4 aromatic rings. The maximum atomic E-state index is 12.4. The third-order valence-electron chi connectivity index (χ3n) is 4.58. The summed E-state index contributed by atoms with van der Waals surface area (Å²) in [7, 11) is -0.608. The lowest BCUT2D eigenvalue weighted by Crippen LogP contribution is -2.28. The quantitative estimate of drug-likeness (QED) is 0.382. The van der Waals surface area contributed by atoms with Crippen molar-refractivity contribution in [2.24, 2.45) is 0 Å². The van der Waals surface area contributed by atoms with Crippen molar-refractivity contribution in [2.45, 2.75) is 4.90 Å². The number of methoxy groups -OCH3 is 2. The van der Waals surface area contributed by atoms with E-state index in [9.17, 15) is 8.42 Å². The number of aromatic nitrogens is 4. The standard InChI is InChI=1S/C21H21N5O5S/c1-29-16-8-6-15(7-9-16)21-24-23-19-10-11-20(25-26(19)21)31-13-12-22-32(27,28)18-5-3-4-17(14-18)30-2/h3-11,14,22H,12-13H2,1-2H3. The van der Waals surface area contributed by atoms with Gasteiger partial charge in [-0.25, -0.2) is 13.1 Å². The third-order valence-corrected chi connectivity index (χ3v) is 6.04. The van der Waals surface area contributed by atoms with E-state index in [1.54, 1.807) is 35.9 Å². The Bertz CT molecular complexity index is 1320. The Hall–Kier alpha value is -3.70. The molecule has 0 amide bonds. The first-order valence-corrected chi connectivity index (χ1v) is 11.1. The highest BCUT2D eigenvalue weighted by Gasteiger charge is 2.15. The summed E-state index contributed by atoms with van der Waals surface area (Å²) < 4.78 is 44.8. The minimum Gasteiger partial charge on any atom is -0.497 e. The molecular formula is C21H21N5O5S. The molecule has 4 rings (SSSR count). The van der Waals surface area contributed by atoms with Crippen molar-refractivity contribution in [1.82, 2.24) is 24.5 Å². The molecule has 0 bridgehead atoms. The first-order valence-electron chi connectivity index (χ1n) is 9.63. The number of ether oxygens (including phenoxy) is 3. The molecule has 0 saturated heterocycles. The molecule has 11 heteroatoms. The number of hydrogen-bond acceptors (Lipinski definition) is 8. The van der Waals surface area contributed by atoms with Crippen LogP contribution >= 0.6 is 0 Å². The van der Waals surface area contributed by atoms with E-state index >= 15 is 0 Å². The van der Waals surface area contributed by atoms with Crippen molar-refractivity contribution in [3.63, 3.8) is 0 Å². The second-order valence-corrected chi connectivity index (χ2v) is 8.39. The van der Waals surface area contributed by atoms with Crippen molar-refractivity contribution in [3.8, 4) is 28.8 Å². The monoisotopic (exact) mass is 455 g/mol. The molecular weight excluding hydrogens is 434 g/mol. The predicted molar refractivity (Wildman–Crippen MR) is 116 cm³/mol. The Labute approximate surface area is 184 Å². The van der Waals surface area contributed by atoms with Crippen LogP contribution in [0.4, 0.5) is 0 Å². The fourth-order valence-corrected chi connectivity index (χ4v) is 4.00. The van der Waals surface area contributed by atoms with Gasteiger partial charge >= 0.3 is 0 Å². The molecule has 166 valence electrons. The number of nitrogens with zero attached hydrogens (tertiary/aromatic N) is 4. The van der Waals surface area contributed by atoms with Gasteiger partial charge in [0.05, 0.1) is 19.1 Å². The molecule has 1 N–H and O–H groups in total. The van der Waals surface area contributed by atoms with E-state index in [2.05, 4.69) is 20.0 Å². The maximum Gasteiger partial charge on any atom is 0.240 e. The normalized spacial score (nSPS) is 11.4. The van der Waals surface area contributed by atoms with Gasteiger partial charge < -0.3 is 14.2 Å². The van der Waals surface area contributed by atoms with Crippen molar-refractivity contribution >= 4 is 15.7 Å². The van der Waals surface area contributed by atoms with Crippen LogP contribution in [0, 0.1) is 0 Å². The summed E-state index contributed by atoms with van der Waals surface area (Å²) >= 11 is 0. The number of sulfonamides is 1. The van der Waals surface area contributed by atoms with Gasteiger partial charge in [0.1, 0.15) is 18.1 Å². The number of nitrogens with one attached hydrogen (secondary N) is 1. The maximum absolute atomic E-state index is 12.4. The van der Waals surface area contributed by atoms with Crippen molar-refractivity contribution in [1.29, 1.82) is 0 Å². The van der Waals surface area contributed by atoms with E-state index in [0.29, 0.717) is 23.1 Å². The lowest BCUT2D eigenvalue weighted by Gasteiger charge is -2.09. The molecule has 0 fully saturated rings. The van der Waals surface area contributed by atoms with Gasteiger partial charge in [-0.15, -0.1) is 15.3 Å². The number of hydrogen-bond donors (Lipinski definition) is 1. The molecule has 0 atom stereocenters. The van der Waals surface area contributed by atoms with E-state index in [0.717, 1.165) is 11.3 Å². The van der Waals surface area contributed by atoms with Crippen LogP contribution in [0.5, 0.6) is 17.4 Å². The zero-order valence-electron chi connectivity index (χ0n) is 17.4. The highest BCUT2D eigenvalue weighted by molar-refractivity contribution is 7.89. The molecule has 0 spiro atoms. The first-order chi connectivity index (χ1) is 15.5. The Kier molecular flexibility index (Phi) is 6.19. The van der Waals surface area contributed by atoms with E-state index in [-0.39, 0.29) is 18.0 Å². The summed E-state index contributed by atoms with van der Waals surface area (Å²) in [6, 6.07) is 17.0. The van der Waals surface area contributed by atoms with Crippen LogP contribution in [0.3, 0.4) is 0 Å². The fraction of sp³-hybridized carbons (Fsp3) is 0.190. The first kappa shape index (κ1) is 21.5. The van der Waals surface area contributed by atoms with Gasteiger partial charge in [-0.05, 0) is 42.5 Å². The summed E-state index contributed by atoms with van der Waals surface area (Å²) in [6.07, 6.45) is 0. The summed E-state index contributed by atoms with van der Waals surface area (Å²) in [4.78, 5) is 0.116. The zero-order valence-corrected chi connectivity index (χ0v) is 18.2. The molecule has 2 heterocycles. The largest absolute Gasteiger partial charge is 0.497 e. The summed E-state index contributed by atoms with van der Waals surface area (Å²) in [5, 5.41) is 12.7. The zero-order chi connectivity index (χ0) is 22.6. The Morgan fingerprint density at radius 2 is 1.72 bits per heavy atom. The van der Waals surface area contributed by atoms with E-state index in [4.69, 9.17) is 14.2 Å². The minimum atomic E-state index is -3.69. The minimum absolute atomic E-state index is 0.0623. The highest BCUT2D eigenvalue weighted by Crippen LogP contribution is 2.22. The molecule has 0 radical (unpaired) electrons. The van der Waals surface area contributed by atoms with Crippen molar-refractivity contribution < 1.29 is 22.6 Å². The topological polar surface area (TPSA) is 117 Å². The van der Waals surface area contributed by atoms with Gasteiger partial charge in [-0.2, -0.15) is 4.52 Å². The molecule has 2 aromatic heterocycles. The molecule has 0 aliphatic rings. The average Bonchev–Trinajstić information content (AvgIpc) is 3.25. The molecule has 10 nitrogen and oxygen atoms in total. The second kappa shape index (κ2) is 9.20. The van der Waals surface area contributed by atoms with Crippen LogP contribution in [-0.2, 0) is 10.0 Å². The fourth-order valence-electron chi connectivity index (χ4n) is 2.95. The lowest BCUT2D eigenvalue weighted by atomic mass is 10.2. The average molecular weight is 455 g/mol. The molecule has 0 aliphatic heterocycles. The third kappa shape index (κ3) is 4.63. The van der Waals surface area contributed by atoms with Crippen LogP contribution < -0.4 is 18.9 Å². The summed E-state index contributed by atoms with van der Waals surface area (Å²) in [6.45, 7) is 0.147. The Morgan fingerprint density at radius 3 is 2.47 bits per heavy atom. The Morgan fingerprint density at radius 1 is 0.938 bits per heavy atom. The van der Waals surface area contributed by atoms with Crippen LogP contribution in [0.25, 0.3) is 17.0 Å². The van der Waals surface area contributed by atoms with Crippen LogP contribution in [0.1, 0.15) is 0 Å². The summed E-state index contributed by atoms with van der Waals surface area (Å²) in [5.74, 6) is 2.05. The van der Waals surface area contributed by atoms with Crippen molar-refractivity contribution in [2.75, 3.05) is 27.4 Å². The number of rotatable bonds is 9. The van der Waals surface area contributed by atoms with Crippen LogP contribution in [-0.4, -0.2) is 55.6 Å². The second-order valence-electron chi connectivity index (χ2n) is 6.62. The molecule has 2 aromatic carbocycles. The highest BCUT2D eigenvalue weighted by atomic mass is 32.2.